The number of benzene rings is 2. The van der Waals surface area contributed by atoms with Crippen molar-refractivity contribution in [2.24, 2.45) is 0 Å². The number of carbonyl (C=O) groups excluding carboxylic acids is 1. The Hall–Kier alpha value is -2.49. The fourth-order valence-corrected chi connectivity index (χ4v) is 2.84. The lowest BCUT2D eigenvalue weighted by molar-refractivity contribution is 0.179. The summed E-state index contributed by atoms with van der Waals surface area (Å²) in [5.41, 5.74) is 3.42. The molecule has 0 aromatic heterocycles. The van der Waals surface area contributed by atoms with Crippen LogP contribution in [-0.2, 0) is 6.54 Å². The Morgan fingerprint density at radius 3 is 2.31 bits per heavy atom. The summed E-state index contributed by atoms with van der Waals surface area (Å²) in [6, 6.07) is 16.3. The van der Waals surface area contributed by atoms with Gasteiger partial charge in [-0.05, 0) is 50.8 Å². The van der Waals surface area contributed by atoms with Crippen LogP contribution >= 0.6 is 0 Å². The molecule has 4 heteroatoms. The summed E-state index contributed by atoms with van der Waals surface area (Å²) < 4.78 is 5.89. The van der Waals surface area contributed by atoms with Gasteiger partial charge in [-0.25, -0.2) is 4.79 Å². The number of carbonyl (C=O) groups is 1. The second-order valence-electron chi connectivity index (χ2n) is 6.86. The van der Waals surface area contributed by atoms with Crippen molar-refractivity contribution in [3.05, 3.63) is 65.2 Å². The van der Waals surface area contributed by atoms with Gasteiger partial charge in [0.25, 0.3) is 0 Å². The van der Waals surface area contributed by atoms with Gasteiger partial charge in [0.2, 0.25) is 0 Å². The zero-order valence-corrected chi connectivity index (χ0v) is 16.3. The SMILES string of the molecule is Cc1cccc(C)c1OCCCNC(=O)N(Cc1ccccc1)C(C)C. The van der Waals surface area contributed by atoms with Crippen molar-refractivity contribution in [2.45, 2.75) is 46.7 Å². The van der Waals surface area contributed by atoms with Gasteiger partial charge in [-0.3, -0.25) is 0 Å². The van der Waals surface area contributed by atoms with Crippen LogP contribution in [0, 0.1) is 13.8 Å². The number of aryl methyl sites for hydroxylation is 2. The minimum absolute atomic E-state index is 0.0316. The molecule has 0 aliphatic rings. The lowest BCUT2D eigenvalue weighted by atomic mass is 10.1. The van der Waals surface area contributed by atoms with Crippen molar-refractivity contribution >= 4 is 6.03 Å². The normalized spacial score (nSPS) is 10.7. The molecule has 0 atom stereocenters. The maximum atomic E-state index is 12.5. The Morgan fingerprint density at radius 2 is 1.69 bits per heavy atom. The van der Waals surface area contributed by atoms with E-state index in [1.54, 1.807) is 0 Å². The van der Waals surface area contributed by atoms with Gasteiger partial charge in [0.05, 0.1) is 6.61 Å². The van der Waals surface area contributed by atoms with Crippen LogP contribution < -0.4 is 10.1 Å². The van der Waals surface area contributed by atoms with Gasteiger partial charge in [-0.1, -0.05) is 48.5 Å². The first-order chi connectivity index (χ1) is 12.5. The van der Waals surface area contributed by atoms with Crippen LogP contribution in [0.25, 0.3) is 0 Å². The van der Waals surface area contributed by atoms with Crippen LogP contribution in [0.15, 0.2) is 48.5 Å². The van der Waals surface area contributed by atoms with E-state index in [0.29, 0.717) is 19.7 Å². The third-order valence-corrected chi connectivity index (χ3v) is 4.33. The number of hydrogen-bond acceptors (Lipinski definition) is 2. The quantitative estimate of drug-likeness (QED) is 0.699. The van der Waals surface area contributed by atoms with Gasteiger partial charge in [0, 0.05) is 19.1 Å². The molecular weight excluding hydrogens is 324 g/mol. The molecule has 140 valence electrons. The molecule has 26 heavy (non-hydrogen) atoms. The zero-order valence-electron chi connectivity index (χ0n) is 16.3. The summed E-state index contributed by atoms with van der Waals surface area (Å²) in [6.07, 6.45) is 0.775. The van der Waals surface area contributed by atoms with E-state index in [2.05, 4.69) is 5.32 Å². The van der Waals surface area contributed by atoms with Crippen LogP contribution in [0.4, 0.5) is 4.79 Å². The number of hydrogen-bond donors (Lipinski definition) is 1. The summed E-state index contributed by atoms with van der Waals surface area (Å²) in [4.78, 5) is 14.4. The molecule has 0 fully saturated rings. The zero-order chi connectivity index (χ0) is 18.9. The summed E-state index contributed by atoms with van der Waals surface area (Å²) in [7, 11) is 0. The minimum atomic E-state index is -0.0316. The van der Waals surface area contributed by atoms with Gasteiger partial charge in [0.15, 0.2) is 0 Å². The van der Waals surface area contributed by atoms with E-state index >= 15 is 0 Å². The third-order valence-electron chi connectivity index (χ3n) is 4.33. The molecule has 0 aliphatic carbocycles. The fraction of sp³-hybridized carbons (Fsp3) is 0.409. The molecular formula is C22H30N2O2. The molecule has 0 saturated carbocycles. The molecule has 0 saturated heterocycles. The highest BCUT2D eigenvalue weighted by molar-refractivity contribution is 5.74. The van der Waals surface area contributed by atoms with E-state index in [4.69, 9.17) is 4.74 Å². The van der Waals surface area contributed by atoms with Gasteiger partial charge >= 0.3 is 6.03 Å². The van der Waals surface area contributed by atoms with Crippen LogP contribution in [0.5, 0.6) is 5.75 Å². The number of nitrogens with zero attached hydrogens (tertiary/aromatic N) is 1. The third kappa shape index (κ3) is 5.80. The highest BCUT2D eigenvalue weighted by atomic mass is 16.5. The Balaban J connectivity index is 1.77. The Kier molecular flexibility index (Phi) is 7.52. The number of para-hydroxylation sites is 1. The first kappa shape index (κ1) is 19.8. The maximum absolute atomic E-state index is 12.5. The number of rotatable bonds is 8. The predicted octanol–water partition coefficient (Wildman–Crippen LogP) is 4.69. The first-order valence-electron chi connectivity index (χ1n) is 9.26. The fourth-order valence-electron chi connectivity index (χ4n) is 2.84. The van der Waals surface area contributed by atoms with Gasteiger partial charge < -0.3 is 15.0 Å². The molecule has 0 aliphatic heterocycles. The van der Waals surface area contributed by atoms with Crippen LogP contribution in [0.3, 0.4) is 0 Å². The van der Waals surface area contributed by atoms with Gasteiger partial charge in [0.1, 0.15) is 5.75 Å². The average Bonchev–Trinajstić information content (AvgIpc) is 2.62. The van der Waals surface area contributed by atoms with E-state index in [1.165, 1.54) is 0 Å². The predicted molar refractivity (Wildman–Crippen MR) is 107 cm³/mol. The molecule has 0 bridgehead atoms. The molecule has 1 N–H and O–H groups in total. The number of amides is 2. The average molecular weight is 354 g/mol. The maximum Gasteiger partial charge on any atom is 0.317 e. The van der Waals surface area contributed by atoms with E-state index in [-0.39, 0.29) is 12.1 Å². The number of urea groups is 1. The highest BCUT2D eigenvalue weighted by Gasteiger charge is 2.16. The second kappa shape index (κ2) is 9.85. The monoisotopic (exact) mass is 354 g/mol. The Bertz CT molecular complexity index is 678. The van der Waals surface area contributed by atoms with Crippen molar-refractivity contribution in [1.29, 1.82) is 0 Å². The van der Waals surface area contributed by atoms with E-state index < -0.39 is 0 Å². The van der Waals surface area contributed by atoms with Crippen LogP contribution in [-0.4, -0.2) is 30.1 Å². The Labute approximate surface area is 157 Å². The Morgan fingerprint density at radius 1 is 1.04 bits per heavy atom. The molecule has 2 aromatic rings. The smallest absolute Gasteiger partial charge is 0.317 e. The summed E-state index contributed by atoms with van der Waals surface area (Å²) in [5, 5.41) is 3.01. The van der Waals surface area contributed by atoms with Crippen molar-refractivity contribution < 1.29 is 9.53 Å². The highest BCUT2D eigenvalue weighted by Crippen LogP contribution is 2.22. The largest absolute Gasteiger partial charge is 0.493 e. The molecule has 2 rings (SSSR count). The molecule has 2 aromatic carbocycles. The molecule has 0 heterocycles. The van der Waals surface area contributed by atoms with Crippen molar-refractivity contribution in [3.63, 3.8) is 0 Å². The van der Waals surface area contributed by atoms with Gasteiger partial charge in [-0.2, -0.15) is 0 Å². The second-order valence-corrected chi connectivity index (χ2v) is 6.86. The van der Waals surface area contributed by atoms with Crippen LogP contribution in [0.2, 0.25) is 0 Å². The molecule has 4 nitrogen and oxygen atoms in total. The minimum Gasteiger partial charge on any atom is -0.493 e. The van der Waals surface area contributed by atoms with Crippen molar-refractivity contribution in [3.8, 4) is 5.75 Å². The number of ether oxygens (including phenoxy) is 1. The lowest BCUT2D eigenvalue weighted by Crippen LogP contribution is -2.43. The van der Waals surface area contributed by atoms with E-state index in [0.717, 1.165) is 28.9 Å². The lowest BCUT2D eigenvalue weighted by Gasteiger charge is -2.27. The van der Waals surface area contributed by atoms with E-state index in [9.17, 15) is 4.79 Å². The number of nitrogens with one attached hydrogen (secondary N) is 1. The first-order valence-corrected chi connectivity index (χ1v) is 9.26. The van der Waals surface area contributed by atoms with Gasteiger partial charge in [-0.15, -0.1) is 0 Å². The van der Waals surface area contributed by atoms with Crippen molar-refractivity contribution in [2.75, 3.05) is 13.2 Å². The topological polar surface area (TPSA) is 41.6 Å². The standard InChI is InChI=1S/C22H30N2O2/c1-17(2)24(16-20-12-6-5-7-13-20)22(25)23-14-9-15-26-21-18(3)10-8-11-19(21)4/h5-8,10-13,17H,9,14-16H2,1-4H3,(H,23,25). The summed E-state index contributed by atoms with van der Waals surface area (Å²) >= 11 is 0. The molecule has 0 unspecified atom stereocenters. The van der Waals surface area contributed by atoms with Crippen LogP contribution in [0.1, 0.15) is 37.0 Å². The summed E-state index contributed by atoms with van der Waals surface area (Å²) in [6.45, 7) is 9.97. The molecule has 0 spiro atoms. The molecule has 0 radical (unpaired) electrons. The van der Waals surface area contributed by atoms with E-state index in [1.807, 2.05) is 81.1 Å². The van der Waals surface area contributed by atoms with Crippen molar-refractivity contribution in [1.82, 2.24) is 10.2 Å². The molecule has 2 amide bonds. The summed E-state index contributed by atoms with van der Waals surface area (Å²) in [5.74, 6) is 0.951.